The zero-order valence-electron chi connectivity index (χ0n) is 58.0. The molecule has 2 nitrogen and oxygen atoms in total. The van der Waals surface area contributed by atoms with Gasteiger partial charge in [0.25, 0.3) is 0 Å². The van der Waals surface area contributed by atoms with Crippen molar-refractivity contribution in [3.63, 3.8) is 0 Å². The molecule has 20 aromatic rings. The Labute approximate surface area is 599 Å². The van der Waals surface area contributed by atoms with Crippen molar-refractivity contribution in [2.24, 2.45) is 0 Å². The van der Waals surface area contributed by atoms with Gasteiger partial charge < -0.3 is 9.13 Å². The first kappa shape index (κ1) is 61.2. The van der Waals surface area contributed by atoms with Gasteiger partial charge in [-0.3, -0.25) is 0 Å². The molecular formula is C101H72N2. The fourth-order valence-corrected chi connectivity index (χ4v) is 16.5. The van der Waals surface area contributed by atoms with Gasteiger partial charge in [0.05, 0.1) is 22.1 Å². The van der Waals surface area contributed by atoms with Crippen molar-refractivity contribution in [1.82, 2.24) is 9.13 Å². The Morgan fingerprint density at radius 2 is 0.447 bits per heavy atom. The Morgan fingerprint density at radius 3 is 0.786 bits per heavy atom. The van der Waals surface area contributed by atoms with Crippen LogP contribution in [0.4, 0.5) is 0 Å². The lowest BCUT2D eigenvalue weighted by Crippen LogP contribution is -2.10. The van der Waals surface area contributed by atoms with Gasteiger partial charge in [-0.25, -0.2) is 0 Å². The molecule has 0 aliphatic carbocycles. The fourth-order valence-electron chi connectivity index (χ4n) is 16.5. The van der Waals surface area contributed by atoms with Crippen molar-refractivity contribution < 1.29 is 0 Å². The first-order chi connectivity index (χ1) is 50.6. The van der Waals surface area contributed by atoms with Gasteiger partial charge >= 0.3 is 0 Å². The largest absolute Gasteiger partial charge is 0.309 e. The van der Waals surface area contributed by atoms with Crippen molar-refractivity contribution in [3.8, 4) is 78.1 Å². The van der Waals surface area contributed by atoms with Gasteiger partial charge in [0.1, 0.15) is 0 Å². The normalized spacial score (nSPS) is 11.9. The van der Waals surface area contributed by atoms with Gasteiger partial charge in [0.2, 0.25) is 0 Å². The van der Waals surface area contributed by atoms with E-state index in [4.69, 9.17) is 0 Å². The van der Waals surface area contributed by atoms with E-state index in [2.05, 4.69) is 401 Å². The van der Waals surface area contributed by atoms with Crippen molar-refractivity contribution in [2.75, 3.05) is 0 Å². The molecule has 2 heteroatoms. The predicted octanol–water partition coefficient (Wildman–Crippen LogP) is 28.1. The molecule has 0 N–H and O–H groups in total. The first-order valence-electron chi connectivity index (χ1n) is 35.9. The smallest absolute Gasteiger partial charge is 0.0541 e. The van der Waals surface area contributed by atoms with E-state index in [0.29, 0.717) is 0 Å². The second-order valence-electron chi connectivity index (χ2n) is 28.8. The summed E-state index contributed by atoms with van der Waals surface area (Å²) in [7, 11) is 0. The van der Waals surface area contributed by atoms with Crippen molar-refractivity contribution in [2.45, 2.75) is 33.1 Å². The lowest BCUT2D eigenvalue weighted by atomic mass is 9.83. The topological polar surface area (TPSA) is 9.86 Å². The van der Waals surface area contributed by atoms with E-state index in [-0.39, 0.29) is 5.41 Å². The summed E-state index contributed by atoms with van der Waals surface area (Å²) >= 11 is 0. The zero-order chi connectivity index (χ0) is 68.9. The second-order valence-corrected chi connectivity index (χ2v) is 28.8. The number of aromatic nitrogens is 2. The zero-order valence-corrected chi connectivity index (χ0v) is 58.0. The lowest BCUT2D eigenvalue weighted by molar-refractivity contribution is 0.590. The Balaban J connectivity index is 0.000000142. The summed E-state index contributed by atoms with van der Waals surface area (Å²) in [6.07, 6.45) is 0. The van der Waals surface area contributed by atoms with Gasteiger partial charge in [-0.2, -0.15) is 0 Å². The van der Waals surface area contributed by atoms with E-state index in [9.17, 15) is 0 Å². The highest BCUT2D eigenvalue weighted by Gasteiger charge is 2.22. The lowest BCUT2D eigenvalue weighted by Gasteiger charge is -2.21. The Hall–Kier alpha value is -12.9. The number of rotatable bonds is 8. The number of fused-ring (bicyclic) bond motifs is 12. The summed E-state index contributed by atoms with van der Waals surface area (Å²) in [6, 6.07) is 134. The van der Waals surface area contributed by atoms with Gasteiger partial charge in [-0.1, -0.05) is 318 Å². The van der Waals surface area contributed by atoms with E-state index in [1.807, 2.05) is 0 Å². The molecule has 103 heavy (non-hydrogen) atoms. The summed E-state index contributed by atoms with van der Waals surface area (Å²) in [5.41, 5.74) is 24.9. The molecule has 0 fully saturated rings. The van der Waals surface area contributed by atoms with Crippen molar-refractivity contribution in [1.29, 1.82) is 0 Å². The number of aryl methyl sites for hydroxylation is 1. The van der Waals surface area contributed by atoms with Crippen LogP contribution in [0.5, 0.6) is 0 Å². The van der Waals surface area contributed by atoms with E-state index in [0.717, 1.165) is 11.4 Å². The number of nitrogens with zero attached hydrogens (tertiary/aromatic N) is 2. The van der Waals surface area contributed by atoms with Crippen LogP contribution in [0.2, 0.25) is 0 Å². The number of hydrogen-bond acceptors (Lipinski definition) is 0. The van der Waals surface area contributed by atoms with Crippen LogP contribution in [0, 0.1) is 6.92 Å². The molecule has 20 rings (SSSR count). The maximum atomic E-state index is 2.42. The van der Waals surface area contributed by atoms with Crippen LogP contribution in [0.1, 0.15) is 31.9 Å². The molecule has 0 unspecified atom stereocenters. The monoisotopic (exact) mass is 1310 g/mol. The molecule has 0 aliphatic rings. The summed E-state index contributed by atoms with van der Waals surface area (Å²) < 4.78 is 4.83. The van der Waals surface area contributed by atoms with Crippen LogP contribution >= 0.6 is 0 Å². The minimum absolute atomic E-state index is 0.110. The van der Waals surface area contributed by atoms with Crippen LogP contribution in [-0.4, -0.2) is 9.13 Å². The van der Waals surface area contributed by atoms with Gasteiger partial charge in [0.15, 0.2) is 0 Å². The van der Waals surface area contributed by atoms with E-state index < -0.39 is 0 Å². The minimum Gasteiger partial charge on any atom is -0.309 e. The van der Waals surface area contributed by atoms with Crippen LogP contribution < -0.4 is 0 Å². The summed E-state index contributed by atoms with van der Waals surface area (Å²) in [6.45, 7) is 8.97. The SMILES string of the molecule is CC(C)(C)c1ccc(-c2c3ccccc3c(-c3ccc(-n4c5ccccc5c5cc(-c6ccc7ccccc7c6)ccc54)cc3)c3ccccc23)cc1.Cc1ccc(-c2c3ccccc3c(-c3ccc(-n4c5ccccc5c5cc(-c6ccc7ccccc7c6)ccc54)cc3)c3ccccc23)cc1. The molecule has 486 valence electrons. The second kappa shape index (κ2) is 24.8. The molecule has 0 amide bonds. The number of benzene rings is 18. The molecular weight excluding hydrogens is 1240 g/mol. The molecule has 0 spiro atoms. The van der Waals surface area contributed by atoms with Crippen LogP contribution in [0.3, 0.4) is 0 Å². The first-order valence-corrected chi connectivity index (χ1v) is 35.9. The van der Waals surface area contributed by atoms with E-state index in [1.54, 1.807) is 0 Å². The number of hydrogen-bond donors (Lipinski definition) is 0. The highest BCUT2D eigenvalue weighted by molar-refractivity contribution is 6.23. The third-order valence-electron chi connectivity index (χ3n) is 21.6. The predicted molar refractivity (Wildman–Crippen MR) is 443 cm³/mol. The van der Waals surface area contributed by atoms with E-state index in [1.165, 1.54) is 186 Å². The van der Waals surface area contributed by atoms with Gasteiger partial charge in [-0.05, 0) is 222 Å². The van der Waals surface area contributed by atoms with Crippen LogP contribution in [0.25, 0.3) is 186 Å². The molecule has 0 radical (unpaired) electrons. The third kappa shape index (κ3) is 10.6. The minimum atomic E-state index is 0.110. The van der Waals surface area contributed by atoms with Crippen molar-refractivity contribution in [3.05, 3.63) is 375 Å². The maximum Gasteiger partial charge on any atom is 0.0541 e. The molecule has 0 saturated carbocycles. The van der Waals surface area contributed by atoms with Gasteiger partial charge in [-0.15, -0.1) is 0 Å². The molecule has 2 heterocycles. The van der Waals surface area contributed by atoms with Crippen molar-refractivity contribution >= 4 is 108 Å². The average molecular weight is 1310 g/mol. The Morgan fingerprint density at radius 1 is 0.194 bits per heavy atom. The summed E-state index contributed by atoms with van der Waals surface area (Å²) in [4.78, 5) is 0. The molecule has 0 atom stereocenters. The summed E-state index contributed by atoms with van der Waals surface area (Å²) in [5, 5.41) is 20.3. The highest BCUT2D eigenvalue weighted by atomic mass is 15.0. The molecule has 18 aromatic carbocycles. The molecule has 0 bridgehead atoms. The average Bonchev–Trinajstić information content (AvgIpc) is 1.48. The Kier molecular flexibility index (Phi) is 14.7. The quantitative estimate of drug-likeness (QED) is 0.134. The Bertz CT molecular complexity index is 6620. The van der Waals surface area contributed by atoms with E-state index >= 15 is 0 Å². The highest BCUT2D eigenvalue weighted by Crippen LogP contribution is 2.47. The van der Waals surface area contributed by atoms with Crippen LogP contribution in [-0.2, 0) is 5.41 Å². The standard InChI is InChI=1S/C52H39N.C49H33N/c1-52(2,3)40-27-22-35(23-28-40)50-43-15-6-8-17-45(43)51(46-18-9-7-16-44(46)50)36-24-29-41(30-25-36)53-48-19-11-10-14-42(48)47-33-39(26-31-49(47)53)38-21-20-34-12-4-5-13-37(34)32-38;1-32-18-20-34(21-19-32)48-41-13-4-6-15-43(41)49(44-16-7-5-14-42(44)48)35-24-27-39(28-25-35)50-46-17-9-8-12-40(46)45-31-38(26-29-47(45)50)37-23-22-33-10-2-3-11-36(33)30-37/h4-33H,1-3H3;2-31H,1H3. The maximum absolute atomic E-state index is 2.42. The molecule has 0 aliphatic heterocycles. The fraction of sp³-hybridized carbons (Fsp3) is 0.0495. The molecule has 2 aromatic heterocycles. The number of para-hydroxylation sites is 2. The van der Waals surface area contributed by atoms with Gasteiger partial charge in [0, 0.05) is 32.9 Å². The van der Waals surface area contributed by atoms with Crippen LogP contribution in [0.15, 0.2) is 364 Å². The summed E-state index contributed by atoms with van der Waals surface area (Å²) in [5.74, 6) is 0. The third-order valence-corrected chi connectivity index (χ3v) is 21.6. The molecule has 0 saturated heterocycles.